The normalized spacial score (nSPS) is 11.6. The van der Waals surface area contributed by atoms with Crippen LogP contribution in [0, 0.1) is 5.82 Å². The summed E-state index contributed by atoms with van der Waals surface area (Å²) in [7, 11) is 0. The van der Waals surface area contributed by atoms with E-state index in [1.54, 1.807) is 24.3 Å². The molecular formula is C22H25Cl2FN2O3. The number of hydrogen-bond donors (Lipinski definition) is 1. The molecule has 2 amide bonds. The van der Waals surface area contributed by atoms with Gasteiger partial charge in [0.15, 0.2) is 18.2 Å². The highest BCUT2D eigenvalue weighted by atomic mass is 35.5. The summed E-state index contributed by atoms with van der Waals surface area (Å²) in [6.45, 7) is 4.01. The van der Waals surface area contributed by atoms with E-state index < -0.39 is 24.4 Å². The van der Waals surface area contributed by atoms with Crippen LogP contribution in [0.25, 0.3) is 0 Å². The summed E-state index contributed by atoms with van der Waals surface area (Å²) in [5, 5.41) is 3.58. The molecule has 0 saturated carbocycles. The minimum atomic E-state index is -0.706. The van der Waals surface area contributed by atoms with Gasteiger partial charge in [-0.25, -0.2) is 4.39 Å². The molecule has 2 aromatic rings. The lowest BCUT2D eigenvalue weighted by Gasteiger charge is -2.30. The van der Waals surface area contributed by atoms with E-state index in [9.17, 15) is 14.0 Å². The molecule has 2 rings (SSSR count). The fraction of sp³-hybridized carbons (Fsp3) is 0.364. The summed E-state index contributed by atoms with van der Waals surface area (Å²) >= 11 is 12.1. The highest BCUT2D eigenvalue weighted by Gasteiger charge is 2.29. The van der Waals surface area contributed by atoms with Crippen LogP contribution in [0.15, 0.2) is 42.5 Å². The molecule has 0 aromatic heterocycles. The van der Waals surface area contributed by atoms with Crippen LogP contribution in [0.5, 0.6) is 5.75 Å². The number of rotatable bonds is 10. The van der Waals surface area contributed by atoms with Gasteiger partial charge in [-0.05, 0) is 42.7 Å². The van der Waals surface area contributed by atoms with Gasteiger partial charge in [-0.3, -0.25) is 9.59 Å². The van der Waals surface area contributed by atoms with E-state index >= 15 is 0 Å². The van der Waals surface area contributed by atoms with Crippen LogP contribution in [0.1, 0.15) is 32.3 Å². The number of ether oxygens (including phenoxy) is 1. The molecule has 30 heavy (non-hydrogen) atoms. The van der Waals surface area contributed by atoms with Crippen LogP contribution in [0.3, 0.4) is 0 Å². The molecule has 162 valence electrons. The third-order valence-electron chi connectivity index (χ3n) is 4.46. The van der Waals surface area contributed by atoms with E-state index in [-0.39, 0.29) is 18.2 Å². The molecular weight excluding hydrogens is 430 g/mol. The van der Waals surface area contributed by atoms with Crippen molar-refractivity contribution >= 4 is 35.0 Å². The largest absolute Gasteiger partial charge is 0.481 e. The first-order valence-corrected chi connectivity index (χ1v) is 10.5. The van der Waals surface area contributed by atoms with E-state index in [1.807, 2.05) is 13.8 Å². The molecule has 0 saturated heterocycles. The number of carbonyl (C=O) groups is 2. The first-order valence-electron chi connectivity index (χ1n) is 9.75. The summed E-state index contributed by atoms with van der Waals surface area (Å²) < 4.78 is 19.2. The third-order valence-corrected chi connectivity index (χ3v) is 5.20. The Hall–Kier alpha value is -2.31. The van der Waals surface area contributed by atoms with E-state index in [0.717, 1.165) is 6.42 Å². The molecule has 1 N–H and O–H groups in total. The Morgan fingerprint density at radius 3 is 2.50 bits per heavy atom. The zero-order valence-electron chi connectivity index (χ0n) is 17.0. The second-order valence-corrected chi connectivity index (χ2v) is 7.52. The quantitative estimate of drug-likeness (QED) is 0.558. The number of halogens is 3. The Morgan fingerprint density at radius 1 is 1.13 bits per heavy atom. The molecule has 0 fully saturated rings. The molecule has 0 spiro atoms. The average Bonchev–Trinajstić information content (AvgIpc) is 2.73. The van der Waals surface area contributed by atoms with E-state index in [4.69, 9.17) is 27.9 Å². The number of amides is 2. The molecule has 0 aliphatic heterocycles. The smallest absolute Gasteiger partial charge is 0.261 e. The van der Waals surface area contributed by atoms with Crippen molar-refractivity contribution in [3.63, 3.8) is 0 Å². The van der Waals surface area contributed by atoms with Crippen LogP contribution < -0.4 is 10.1 Å². The number of carbonyl (C=O) groups excluding carboxylic acids is 2. The summed E-state index contributed by atoms with van der Waals surface area (Å²) in [6.07, 6.45) is 1.18. The van der Waals surface area contributed by atoms with Crippen molar-refractivity contribution in [3.8, 4) is 5.75 Å². The predicted molar refractivity (Wildman–Crippen MR) is 116 cm³/mol. The Kier molecular flexibility index (Phi) is 9.40. The lowest BCUT2D eigenvalue weighted by molar-refractivity contribution is -0.143. The highest BCUT2D eigenvalue weighted by molar-refractivity contribution is 6.42. The van der Waals surface area contributed by atoms with Crippen molar-refractivity contribution in [2.24, 2.45) is 0 Å². The minimum absolute atomic E-state index is 0.0242. The molecule has 0 unspecified atom stereocenters. The van der Waals surface area contributed by atoms with Gasteiger partial charge in [0.25, 0.3) is 5.91 Å². The van der Waals surface area contributed by atoms with Gasteiger partial charge in [0.2, 0.25) is 5.91 Å². The van der Waals surface area contributed by atoms with E-state index in [0.29, 0.717) is 28.6 Å². The molecule has 0 heterocycles. The molecule has 0 aliphatic carbocycles. The Morgan fingerprint density at radius 2 is 1.87 bits per heavy atom. The van der Waals surface area contributed by atoms with E-state index in [2.05, 4.69) is 5.32 Å². The molecule has 0 radical (unpaired) electrons. The van der Waals surface area contributed by atoms with Crippen LogP contribution in [0.2, 0.25) is 10.0 Å². The topological polar surface area (TPSA) is 58.6 Å². The van der Waals surface area contributed by atoms with Crippen LogP contribution in [-0.2, 0) is 16.1 Å². The fourth-order valence-electron chi connectivity index (χ4n) is 2.90. The second kappa shape index (κ2) is 11.8. The number of nitrogens with one attached hydrogen (secondary N) is 1. The van der Waals surface area contributed by atoms with Crippen LogP contribution >= 0.6 is 23.2 Å². The minimum Gasteiger partial charge on any atom is -0.481 e. The Bertz CT molecular complexity index is 879. The van der Waals surface area contributed by atoms with E-state index in [1.165, 1.54) is 23.1 Å². The predicted octanol–water partition coefficient (Wildman–Crippen LogP) is 4.84. The number of para-hydroxylation sites is 1. The Labute approximate surface area is 186 Å². The van der Waals surface area contributed by atoms with Crippen molar-refractivity contribution in [1.82, 2.24) is 10.2 Å². The summed E-state index contributed by atoms with van der Waals surface area (Å²) in [5.41, 5.74) is 0.713. The first-order chi connectivity index (χ1) is 14.4. The first kappa shape index (κ1) is 24.0. The maximum atomic E-state index is 13.8. The fourth-order valence-corrected chi connectivity index (χ4v) is 3.23. The molecule has 0 bridgehead atoms. The van der Waals surface area contributed by atoms with Crippen molar-refractivity contribution in [2.45, 2.75) is 39.3 Å². The Balaban J connectivity index is 2.23. The van der Waals surface area contributed by atoms with Gasteiger partial charge in [0, 0.05) is 13.1 Å². The third kappa shape index (κ3) is 6.61. The van der Waals surface area contributed by atoms with Gasteiger partial charge < -0.3 is 15.0 Å². The summed E-state index contributed by atoms with van der Waals surface area (Å²) in [6, 6.07) is 10.2. The molecule has 0 aliphatic rings. The van der Waals surface area contributed by atoms with Gasteiger partial charge in [-0.1, -0.05) is 55.2 Å². The number of hydrogen-bond acceptors (Lipinski definition) is 3. The maximum absolute atomic E-state index is 13.8. The summed E-state index contributed by atoms with van der Waals surface area (Å²) in [5.74, 6) is -1.28. The van der Waals surface area contributed by atoms with Crippen LogP contribution in [0.4, 0.5) is 4.39 Å². The number of nitrogens with zero attached hydrogens (tertiary/aromatic N) is 1. The zero-order valence-corrected chi connectivity index (χ0v) is 18.5. The van der Waals surface area contributed by atoms with Crippen molar-refractivity contribution in [3.05, 3.63) is 63.9 Å². The summed E-state index contributed by atoms with van der Waals surface area (Å²) in [4.78, 5) is 27.1. The second-order valence-electron chi connectivity index (χ2n) is 6.70. The standard InChI is InChI=1S/C22H25Cl2FN2O3/c1-3-11-26-22(29)19(4-2)27(13-15-9-10-16(23)17(24)12-15)21(28)14-30-20-8-6-5-7-18(20)25/h5-10,12,19H,3-4,11,13-14H2,1-2H3,(H,26,29)/t19-/m1/s1. The molecule has 2 aromatic carbocycles. The van der Waals surface area contributed by atoms with Gasteiger partial charge in [-0.15, -0.1) is 0 Å². The lowest BCUT2D eigenvalue weighted by Crippen LogP contribution is -2.50. The molecule has 5 nitrogen and oxygen atoms in total. The zero-order chi connectivity index (χ0) is 22.1. The SMILES string of the molecule is CCCNC(=O)[C@@H](CC)N(Cc1ccc(Cl)c(Cl)c1)C(=O)COc1ccccc1F. The number of benzene rings is 2. The lowest BCUT2D eigenvalue weighted by atomic mass is 10.1. The average molecular weight is 455 g/mol. The molecule has 8 heteroatoms. The van der Waals surface area contributed by atoms with Crippen molar-refractivity contribution in [1.29, 1.82) is 0 Å². The highest BCUT2D eigenvalue weighted by Crippen LogP contribution is 2.24. The van der Waals surface area contributed by atoms with Gasteiger partial charge in [0.1, 0.15) is 6.04 Å². The molecule has 1 atom stereocenters. The van der Waals surface area contributed by atoms with Gasteiger partial charge >= 0.3 is 0 Å². The van der Waals surface area contributed by atoms with Crippen LogP contribution in [-0.4, -0.2) is 35.9 Å². The van der Waals surface area contributed by atoms with Gasteiger partial charge in [-0.2, -0.15) is 0 Å². The maximum Gasteiger partial charge on any atom is 0.261 e. The van der Waals surface area contributed by atoms with Crippen molar-refractivity contribution < 1.29 is 18.7 Å². The van der Waals surface area contributed by atoms with Crippen molar-refractivity contribution in [2.75, 3.05) is 13.2 Å². The monoisotopic (exact) mass is 454 g/mol. The van der Waals surface area contributed by atoms with Gasteiger partial charge in [0.05, 0.1) is 10.0 Å².